The molecule has 0 aromatic heterocycles. The van der Waals surface area contributed by atoms with E-state index in [9.17, 15) is 4.39 Å². The van der Waals surface area contributed by atoms with Gasteiger partial charge in [0.1, 0.15) is 5.82 Å². The predicted octanol–water partition coefficient (Wildman–Crippen LogP) is 4.04. The molecule has 0 saturated carbocycles. The Labute approximate surface area is 120 Å². The van der Waals surface area contributed by atoms with Gasteiger partial charge < -0.3 is 10.6 Å². The third-order valence-electron chi connectivity index (χ3n) is 3.46. The van der Waals surface area contributed by atoms with Crippen LogP contribution in [0.1, 0.15) is 20.3 Å². The number of anilines is 1. The van der Waals surface area contributed by atoms with Crippen LogP contribution in [0.2, 0.25) is 5.02 Å². The van der Waals surface area contributed by atoms with Crippen molar-refractivity contribution < 1.29 is 4.39 Å². The molecule has 1 aromatic carbocycles. The van der Waals surface area contributed by atoms with Crippen molar-refractivity contribution in [3.05, 3.63) is 27.4 Å². The molecule has 1 aliphatic heterocycles. The average Bonchev–Trinajstić information content (AvgIpc) is 2.24. The van der Waals surface area contributed by atoms with E-state index in [1.165, 1.54) is 12.1 Å². The molecular formula is C13H17BrClFN2. The van der Waals surface area contributed by atoms with Crippen molar-refractivity contribution in [1.29, 1.82) is 0 Å². The molecule has 1 fully saturated rings. The Morgan fingerprint density at radius 1 is 1.50 bits per heavy atom. The quantitative estimate of drug-likeness (QED) is 0.852. The van der Waals surface area contributed by atoms with Crippen LogP contribution in [0.4, 0.5) is 10.1 Å². The highest BCUT2D eigenvalue weighted by Gasteiger charge is 2.32. The summed E-state index contributed by atoms with van der Waals surface area (Å²) < 4.78 is 13.9. The number of hydrogen-bond donors (Lipinski definition) is 2. The molecule has 2 nitrogen and oxygen atoms in total. The molecule has 2 rings (SSSR count). The smallest absolute Gasteiger partial charge is 0.125 e. The molecule has 1 heterocycles. The summed E-state index contributed by atoms with van der Waals surface area (Å²) in [6.45, 7) is 6.36. The third-order valence-corrected chi connectivity index (χ3v) is 4.38. The second kappa shape index (κ2) is 5.35. The molecule has 5 heteroatoms. The first kappa shape index (κ1) is 14.1. The van der Waals surface area contributed by atoms with Crippen LogP contribution in [0.5, 0.6) is 0 Å². The lowest BCUT2D eigenvalue weighted by molar-refractivity contribution is 0.236. The number of piperidine rings is 1. The van der Waals surface area contributed by atoms with Gasteiger partial charge in [0.05, 0.1) is 10.7 Å². The fourth-order valence-electron chi connectivity index (χ4n) is 2.29. The Balaban J connectivity index is 2.23. The number of hydrogen-bond acceptors (Lipinski definition) is 2. The Morgan fingerprint density at radius 2 is 2.22 bits per heavy atom. The SMILES string of the molecule is CC1(C)CNCCC1Nc1c(Cl)cc(F)cc1Br. The van der Waals surface area contributed by atoms with E-state index in [0.717, 1.165) is 25.2 Å². The predicted molar refractivity (Wildman–Crippen MR) is 77.8 cm³/mol. The first-order chi connectivity index (χ1) is 8.40. The molecule has 1 unspecified atom stereocenters. The van der Waals surface area contributed by atoms with Crippen molar-refractivity contribution in [3.63, 3.8) is 0 Å². The summed E-state index contributed by atoms with van der Waals surface area (Å²) in [4.78, 5) is 0. The molecule has 2 N–H and O–H groups in total. The van der Waals surface area contributed by atoms with Crippen LogP contribution in [0.15, 0.2) is 16.6 Å². The Hall–Kier alpha value is -0.320. The van der Waals surface area contributed by atoms with E-state index in [2.05, 4.69) is 40.4 Å². The van der Waals surface area contributed by atoms with Crippen LogP contribution < -0.4 is 10.6 Å². The van der Waals surface area contributed by atoms with E-state index in [0.29, 0.717) is 15.5 Å². The van der Waals surface area contributed by atoms with Crippen molar-refractivity contribution in [2.75, 3.05) is 18.4 Å². The van der Waals surface area contributed by atoms with E-state index in [1.807, 2.05) is 0 Å². The summed E-state index contributed by atoms with van der Waals surface area (Å²) in [5.41, 5.74) is 0.910. The highest BCUT2D eigenvalue weighted by molar-refractivity contribution is 9.10. The lowest BCUT2D eigenvalue weighted by Gasteiger charge is -2.40. The van der Waals surface area contributed by atoms with E-state index in [1.54, 1.807) is 0 Å². The topological polar surface area (TPSA) is 24.1 Å². The van der Waals surface area contributed by atoms with Crippen molar-refractivity contribution in [2.24, 2.45) is 5.41 Å². The van der Waals surface area contributed by atoms with Gasteiger partial charge in [0.2, 0.25) is 0 Å². The van der Waals surface area contributed by atoms with E-state index >= 15 is 0 Å². The van der Waals surface area contributed by atoms with Crippen molar-refractivity contribution >= 4 is 33.2 Å². The molecule has 1 atom stereocenters. The van der Waals surface area contributed by atoms with Crippen LogP contribution in [0, 0.1) is 11.2 Å². The van der Waals surface area contributed by atoms with Crippen LogP contribution in [0.25, 0.3) is 0 Å². The third kappa shape index (κ3) is 2.98. The lowest BCUT2D eigenvalue weighted by Crippen LogP contribution is -2.49. The normalized spacial score (nSPS) is 22.8. The summed E-state index contributed by atoms with van der Waals surface area (Å²) in [6, 6.07) is 3.09. The van der Waals surface area contributed by atoms with Gasteiger partial charge in [-0.05, 0) is 46.4 Å². The zero-order chi connectivity index (χ0) is 13.3. The number of rotatable bonds is 2. The van der Waals surface area contributed by atoms with Crippen molar-refractivity contribution in [2.45, 2.75) is 26.3 Å². The van der Waals surface area contributed by atoms with Crippen LogP contribution in [-0.2, 0) is 0 Å². The Morgan fingerprint density at radius 3 is 2.83 bits per heavy atom. The second-order valence-electron chi connectivity index (χ2n) is 5.40. The van der Waals surface area contributed by atoms with Crippen molar-refractivity contribution in [1.82, 2.24) is 5.32 Å². The van der Waals surface area contributed by atoms with Gasteiger partial charge in [-0.15, -0.1) is 0 Å². The summed E-state index contributed by atoms with van der Waals surface area (Å²) in [6.07, 6.45) is 1.02. The van der Waals surface area contributed by atoms with Gasteiger partial charge in [-0.2, -0.15) is 0 Å². The molecular weight excluding hydrogens is 319 g/mol. The van der Waals surface area contributed by atoms with Gasteiger partial charge in [-0.1, -0.05) is 25.4 Å². The lowest BCUT2D eigenvalue weighted by atomic mass is 9.80. The largest absolute Gasteiger partial charge is 0.380 e. The summed E-state index contributed by atoms with van der Waals surface area (Å²) in [5, 5.41) is 7.25. The fraction of sp³-hybridized carbons (Fsp3) is 0.538. The van der Waals surface area contributed by atoms with Gasteiger partial charge in [0.15, 0.2) is 0 Å². The average molecular weight is 336 g/mol. The number of halogens is 3. The Bertz CT molecular complexity index is 428. The standard InChI is InChI=1S/C13H17BrClFN2/c1-13(2)7-17-4-3-11(13)18-12-9(14)5-8(16)6-10(12)15/h5-6,11,17-18H,3-4,7H2,1-2H3. The van der Waals surface area contributed by atoms with Gasteiger partial charge >= 0.3 is 0 Å². The molecule has 0 spiro atoms. The van der Waals surface area contributed by atoms with E-state index < -0.39 is 0 Å². The monoisotopic (exact) mass is 334 g/mol. The highest BCUT2D eigenvalue weighted by Crippen LogP contribution is 2.36. The second-order valence-corrected chi connectivity index (χ2v) is 6.66. The molecule has 0 radical (unpaired) electrons. The van der Waals surface area contributed by atoms with Gasteiger partial charge in [0.25, 0.3) is 0 Å². The molecule has 100 valence electrons. The molecule has 18 heavy (non-hydrogen) atoms. The minimum atomic E-state index is -0.331. The summed E-state index contributed by atoms with van der Waals surface area (Å²) in [5.74, 6) is -0.331. The maximum Gasteiger partial charge on any atom is 0.125 e. The van der Waals surface area contributed by atoms with Crippen LogP contribution in [-0.4, -0.2) is 19.1 Å². The molecule has 0 bridgehead atoms. The zero-order valence-electron chi connectivity index (χ0n) is 10.5. The molecule has 0 aliphatic carbocycles. The fourth-order valence-corrected chi connectivity index (χ4v) is 3.21. The first-order valence-corrected chi connectivity index (χ1v) is 7.19. The maximum atomic E-state index is 13.2. The van der Waals surface area contributed by atoms with Gasteiger partial charge in [-0.3, -0.25) is 0 Å². The minimum absolute atomic E-state index is 0.134. The van der Waals surface area contributed by atoms with Crippen molar-refractivity contribution in [3.8, 4) is 0 Å². The molecule has 1 aliphatic rings. The molecule has 1 aromatic rings. The Kier molecular flexibility index (Phi) is 4.19. The van der Waals surface area contributed by atoms with E-state index in [-0.39, 0.29) is 11.2 Å². The molecule has 1 saturated heterocycles. The maximum absolute atomic E-state index is 13.2. The van der Waals surface area contributed by atoms with Gasteiger partial charge in [0, 0.05) is 17.1 Å². The number of benzene rings is 1. The first-order valence-electron chi connectivity index (χ1n) is 6.02. The highest BCUT2D eigenvalue weighted by atomic mass is 79.9. The number of nitrogens with one attached hydrogen (secondary N) is 2. The van der Waals surface area contributed by atoms with Crippen LogP contribution >= 0.6 is 27.5 Å². The van der Waals surface area contributed by atoms with Crippen LogP contribution in [0.3, 0.4) is 0 Å². The minimum Gasteiger partial charge on any atom is -0.380 e. The molecule has 0 amide bonds. The van der Waals surface area contributed by atoms with E-state index in [4.69, 9.17) is 11.6 Å². The summed E-state index contributed by atoms with van der Waals surface area (Å²) in [7, 11) is 0. The summed E-state index contributed by atoms with van der Waals surface area (Å²) >= 11 is 9.46. The van der Waals surface area contributed by atoms with Gasteiger partial charge in [-0.25, -0.2) is 4.39 Å². The zero-order valence-corrected chi connectivity index (χ0v) is 12.8.